The molecule has 7 rings (SSSR count). The SMILES string of the molecule is c1cc(-c2ccoc2)c2cc(-c3n[nH]c4ccc(-c5cncc(OC6CCCCC6)c5)nc34)[nH]c2c1. The van der Waals surface area contributed by atoms with Gasteiger partial charge in [0, 0.05) is 28.2 Å². The fourth-order valence-electron chi connectivity index (χ4n) is 5.20. The molecule has 2 N–H and O–H groups in total. The summed E-state index contributed by atoms with van der Waals surface area (Å²) in [6.45, 7) is 0. The van der Waals surface area contributed by atoms with Gasteiger partial charge >= 0.3 is 0 Å². The van der Waals surface area contributed by atoms with E-state index in [9.17, 15) is 0 Å². The van der Waals surface area contributed by atoms with Gasteiger partial charge in [0.1, 0.15) is 17.0 Å². The average Bonchev–Trinajstić information content (AvgIpc) is 3.68. The molecule has 0 spiro atoms. The Morgan fingerprint density at radius 2 is 1.86 bits per heavy atom. The summed E-state index contributed by atoms with van der Waals surface area (Å²) in [6, 6.07) is 16.4. The van der Waals surface area contributed by atoms with Gasteiger partial charge in [0.15, 0.2) is 0 Å². The van der Waals surface area contributed by atoms with Crippen molar-refractivity contribution in [2.45, 2.75) is 38.2 Å². The van der Waals surface area contributed by atoms with E-state index in [1.165, 1.54) is 19.3 Å². The molecule has 36 heavy (non-hydrogen) atoms. The van der Waals surface area contributed by atoms with Crippen molar-refractivity contribution < 1.29 is 9.15 Å². The van der Waals surface area contributed by atoms with Gasteiger partial charge in [0.05, 0.1) is 41.7 Å². The largest absolute Gasteiger partial charge is 0.489 e. The van der Waals surface area contributed by atoms with Gasteiger partial charge in [0.25, 0.3) is 0 Å². The molecular weight excluding hydrogens is 450 g/mol. The van der Waals surface area contributed by atoms with Crippen molar-refractivity contribution in [3.05, 3.63) is 73.5 Å². The minimum Gasteiger partial charge on any atom is -0.489 e. The van der Waals surface area contributed by atoms with Gasteiger partial charge in [-0.3, -0.25) is 10.1 Å². The summed E-state index contributed by atoms with van der Waals surface area (Å²) >= 11 is 0. The fraction of sp³-hybridized carbons (Fsp3) is 0.207. The molecule has 1 aliphatic carbocycles. The number of fused-ring (bicyclic) bond motifs is 2. The lowest BCUT2D eigenvalue weighted by Crippen LogP contribution is -2.19. The molecule has 5 heterocycles. The molecule has 1 aromatic carbocycles. The summed E-state index contributed by atoms with van der Waals surface area (Å²) in [7, 11) is 0. The van der Waals surface area contributed by atoms with Crippen LogP contribution in [0, 0.1) is 0 Å². The highest BCUT2D eigenvalue weighted by Gasteiger charge is 2.17. The number of nitrogens with zero attached hydrogens (tertiary/aromatic N) is 3. The van der Waals surface area contributed by atoms with Crippen LogP contribution in [0.25, 0.3) is 55.7 Å². The fourth-order valence-corrected chi connectivity index (χ4v) is 5.20. The Kier molecular flexibility index (Phi) is 5.05. The summed E-state index contributed by atoms with van der Waals surface area (Å²) in [5, 5.41) is 8.84. The van der Waals surface area contributed by atoms with Crippen molar-refractivity contribution in [1.82, 2.24) is 25.1 Å². The Labute approximate surface area is 207 Å². The molecule has 0 atom stereocenters. The average molecular weight is 476 g/mol. The number of hydrogen-bond donors (Lipinski definition) is 2. The molecule has 0 saturated heterocycles. The second kappa shape index (κ2) is 8.68. The van der Waals surface area contributed by atoms with Crippen molar-refractivity contribution in [2.75, 3.05) is 0 Å². The summed E-state index contributed by atoms with van der Waals surface area (Å²) < 4.78 is 11.5. The Balaban J connectivity index is 1.26. The molecule has 0 aliphatic heterocycles. The van der Waals surface area contributed by atoms with E-state index in [2.05, 4.69) is 38.4 Å². The first-order chi connectivity index (χ1) is 17.8. The maximum absolute atomic E-state index is 6.24. The van der Waals surface area contributed by atoms with Crippen LogP contribution in [0.5, 0.6) is 5.75 Å². The van der Waals surface area contributed by atoms with Crippen LogP contribution in [0.1, 0.15) is 32.1 Å². The van der Waals surface area contributed by atoms with Crippen LogP contribution >= 0.6 is 0 Å². The van der Waals surface area contributed by atoms with Gasteiger partial charge in [-0.05, 0) is 67.6 Å². The molecule has 0 amide bonds. The first-order valence-electron chi connectivity index (χ1n) is 12.4. The van der Waals surface area contributed by atoms with E-state index in [1.807, 2.05) is 36.5 Å². The third kappa shape index (κ3) is 3.73. The minimum absolute atomic E-state index is 0.278. The standard InChI is InChI=1S/C29H25N5O2/c1-2-5-20(6-3-1)36-21-13-19(15-30-16-21)24-9-10-26-28(32-24)29(34-33-26)27-14-23-22(18-11-12-35-17-18)7-4-8-25(23)31-27/h4,7-17,20,31H,1-3,5-6H2,(H,33,34). The number of furan rings is 1. The molecule has 0 unspecified atom stereocenters. The Bertz CT molecular complexity index is 1660. The summed E-state index contributed by atoms with van der Waals surface area (Å²) in [5.41, 5.74) is 8.32. The van der Waals surface area contributed by atoms with Crippen LogP contribution < -0.4 is 4.74 Å². The summed E-state index contributed by atoms with van der Waals surface area (Å²) in [5.74, 6) is 0.802. The predicted octanol–water partition coefficient (Wildman–Crippen LogP) is 7.14. The highest BCUT2D eigenvalue weighted by atomic mass is 16.5. The van der Waals surface area contributed by atoms with Gasteiger partial charge in [-0.15, -0.1) is 0 Å². The molecule has 1 aliphatic rings. The lowest BCUT2D eigenvalue weighted by atomic mass is 9.98. The van der Waals surface area contributed by atoms with E-state index in [1.54, 1.807) is 18.7 Å². The van der Waals surface area contributed by atoms with E-state index < -0.39 is 0 Å². The second-order valence-corrected chi connectivity index (χ2v) is 9.41. The van der Waals surface area contributed by atoms with E-state index in [0.29, 0.717) is 0 Å². The smallest absolute Gasteiger partial charge is 0.138 e. The van der Waals surface area contributed by atoms with Crippen molar-refractivity contribution >= 4 is 21.9 Å². The quantitative estimate of drug-likeness (QED) is 0.276. The number of H-pyrrole nitrogens is 2. The van der Waals surface area contributed by atoms with E-state index in [-0.39, 0.29) is 6.10 Å². The molecule has 6 aromatic rings. The van der Waals surface area contributed by atoms with Crippen LogP contribution in [0.3, 0.4) is 0 Å². The van der Waals surface area contributed by atoms with E-state index in [4.69, 9.17) is 14.1 Å². The molecule has 0 radical (unpaired) electrons. The van der Waals surface area contributed by atoms with Gasteiger partial charge in [-0.25, -0.2) is 4.98 Å². The third-order valence-electron chi connectivity index (χ3n) is 7.02. The number of benzene rings is 1. The summed E-state index contributed by atoms with van der Waals surface area (Å²) in [6.07, 6.45) is 13.4. The van der Waals surface area contributed by atoms with Gasteiger partial charge in [-0.2, -0.15) is 5.10 Å². The second-order valence-electron chi connectivity index (χ2n) is 9.41. The molecular formula is C29H25N5O2. The zero-order valence-electron chi connectivity index (χ0n) is 19.7. The molecule has 0 bridgehead atoms. The van der Waals surface area contributed by atoms with Gasteiger partial charge < -0.3 is 14.1 Å². The van der Waals surface area contributed by atoms with Crippen LogP contribution in [-0.4, -0.2) is 31.3 Å². The van der Waals surface area contributed by atoms with Gasteiger partial charge in [-0.1, -0.05) is 18.6 Å². The van der Waals surface area contributed by atoms with E-state index in [0.717, 1.165) is 74.3 Å². The Hall–Kier alpha value is -4.39. The normalized spacial score (nSPS) is 14.6. The third-order valence-corrected chi connectivity index (χ3v) is 7.02. The first-order valence-corrected chi connectivity index (χ1v) is 12.4. The number of pyridine rings is 2. The Morgan fingerprint density at radius 1 is 0.917 bits per heavy atom. The van der Waals surface area contributed by atoms with E-state index >= 15 is 0 Å². The van der Waals surface area contributed by atoms with Crippen LogP contribution in [-0.2, 0) is 0 Å². The van der Waals surface area contributed by atoms with Crippen molar-refractivity contribution in [3.63, 3.8) is 0 Å². The highest BCUT2D eigenvalue weighted by molar-refractivity contribution is 6.00. The zero-order valence-corrected chi connectivity index (χ0v) is 19.7. The molecule has 5 aromatic heterocycles. The lowest BCUT2D eigenvalue weighted by molar-refractivity contribution is 0.154. The molecule has 7 nitrogen and oxygen atoms in total. The lowest BCUT2D eigenvalue weighted by Gasteiger charge is -2.22. The first kappa shape index (κ1) is 20.9. The Morgan fingerprint density at radius 3 is 2.75 bits per heavy atom. The highest BCUT2D eigenvalue weighted by Crippen LogP contribution is 2.34. The number of rotatable bonds is 5. The number of aromatic nitrogens is 5. The molecule has 178 valence electrons. The minimum atomic E-state index is 0.278. The number of hydrogen-bond acceptors (Lipinski definition) is 5. The zero-order chi connectivity index (χ0) is 23.9. The molecule has 1 saturated carbocycles. The maximum Gasteiger partial charge on any atom is 0.138 e. The maximum atomic E-state index is 6.24. The van der Waals surface area contributed by atoms with Crippen molar-refractivity contribution in [1.29, 1.82) is 0 Å². The number of aromatic amines is 2. The van der Waals surface area contributed by atoms with Crippen LogP contribution in [0.15, 0.2) is 77.9 Å². The van der Waals surface area contributed by atoms with Crippen molar-refractivity contribution in [2.24, 2.45) is 0 Å². The molecule has 7 heteroatoms. The predicted molar refractivity (Wildman–Crippen MR) is 140 cm³/mol. The summed E-state index contributed by atoms with van der Waals surface area (Å²) in [4.78, 5) is 12.9. The van der Waals surface area contributed by atoms with Crippen LogP contribution in [0.4, 0.5) is 0 Å². The van der Waals surface area contributed by atoms with Crippen molar-refractivity contribution in [3.8, 4) is 39.5 Å². The van der Waals surface area contributed by atoms with Crippen LogP contribution in [0.2, 0.25) is 0 Å². The number of ether oxygens (including phenoxy) is 1. The molecule has 1 fully saturated rings. The number of nitrogens with one attached hydrogen (secondary N) is 2. The van der Waals surface area contributed by atoms with Gasteiger partial charge in [0.2, 0.25) is 0 Å². The monoisotopic (exact) mass is 475 g/mol. The topological polar surface area (TPSA) is 92.6 Å².